The van der Waals surface area contributed by atoms with Crippen molar-refractivity contribution in [3.8, 4) is 0 Å². The smallest absolute Gasteiger partial charge is 0.137 e. The van der Waals surface area contributed by atoms with Gasteiger partial charge in [-0.2, -0.15) is 0 Å². The highest BCUT2D eigenvalue weighted by molar-refractivity contribution is 4.85. The average molecular weight is 98.2 g/mol. The third-order valence-electron chi connectivity index (χ3n) is 2.70. The Morgan fingerprint density at radius 2 is 1.43 bits per heavy atom. The highest BCUT2D eigenvalue weighted by atomic mass is 15.6. The molecule has 0 amide bonds. The molecule has 0 radical (unpaired) electrons. The number of rotatable bonds is 0. The van der Waals surface area contributed by atoms with Gasteiger partial charge >= 0.3 is 0 Å². The monoisotopic (exact) mass is 98.1 g/mol. The van der Waals surface area contributed by atoms with E-state index in [4.69, 9.17) is 0 Å². The molecule has 1 heteroatoms. The fourth-order valence-electron chi connectivity index (χ4n) is 1.76. The van der Waals surface area contributed by atoms with Crippen LogP contribution in [0.5, 0.6) is 0 Å². The quantitative estimate of drug-likeness (QED) is 0.307. The lowest BCUT2D eigenvalue weighted by atomic mass is 10.5. The van der Waals surface area contributed by atoms with Crippen molar-refractivity contribution < 1.29 is 4.48 Å². The van der Waals surface area contributed by atoms with Gasteiger partial charge in [0.05, 0.1) is 0 Å². The molecule has 1 nitrogen and oxygen atoms in total. The Bertz CT molecular complexity index is 94.7. The Kier molecular flexibility index (Phi) is 0.419. The molecule has 1 spiro atoms. The molecule has 2 aliphatic rings. The third kappa shape index (κ3) is 0.290. The summed E-state index contributed by atoms with van der Waals surface area (Å²) in [6.45, 7) is 7.65. The first-order valence-corrected chi connectivity index (χ1v) is 3.12. The van der Waals surface area contributed by atoms with Crippen LogP contribution in [0, 0.1) is 0 Å². The van der Waals surface area contributed by atoms with Gasteiger partial charge in [-0.15, -0.1) is 0 Å². The second-order valence-electron chi connectivity index (χ2n) is 3.17. The second kappa shape index (κ2) is 0.752. The van der Waals surface area contributed by atoms with Crippen molar-refractivity contribution in [3.05, 3.63) is 0 Å². The highest BCUT2D eigenvalue weighted by Crippen LogP contribution is 2.46. The van der Waals surface area contributed by atoms with Crippen LogP contribution in [0.25, 0.3) is 0 Å². The van der Waals surface area contributed by atoms with Gasteiger partial charge in [0.25, 0.3) is 0 Å². The maximum absolute atomic E-state index is 2.35. The van der Waals surface area contributed by atoms with E-state index in [2.05, 4.69) is 13.8 Å². The van der Waals surface area contributed by atoms with Crippen molar-refractivity contribution in [3.63, 3.8) is 0 Å². The first kappa shape index (κ1) is 3.90. The predicted molar refractivity (Wildman–Crippen MR) is 28.9 cm³/mol. The molecule has 7 heavy (non-hydrogen) atoms. The van der Waals surface area contributed by atoms with Gasteiger partial charge in [-0.3, -0.25) is 0 Å². The molecule has 0 aromatic heterocycles. The van der Waals surface area contributed by atoms with Gasteiger partial charge in [-0.05, 0) is 13.8 Å². The fourth-order valence-corrected chi connectivity index (χ4v) is 1.76. The van der Waals surface area contributed by atoms with Crippen molar-refractivity contribution in [2.24, 2.45) is 0 Å². The van der Waals surface area contributed by atoms with Gasteiger partial charge in [0, 0.05) is 0 Å². The van der Waals surface area contributed by atoms with E-state index in [1.54, 1.807) is 0 Å². The van der Waals surface area contributed by atoms with Crippen LogP contribution < -0.4 is 0 Å². The molecule has 0 saturated carbocycles. The van der Waals surface area contributed by atoms with E-state index in [0.717, 1.165) is 12.1 Å². The van der Waals surface area contributed by atoms with Crippen LogP contribution in [0.1, 0.15) is 13.8 Å². The summed E-state index contributed by atoms with van der Waals surface area (Å²) < 4.78 is 1.47. The van der Waals surface area contributed by atoms with Crippen molar-refractivity contribution in [2.45, 2.75) is 25.9 Å². The molecule has 2 heterocycles. The normalized spacial score (nSPS) is 66.0. The van der Waals surface area contributed by atoms with Gasteiger partial charge in [-0.1, -0.05) is 0 Å². The summed E-state index contributed by atoms with van der Waals surface area (Å²) in [6, 6.07) is 2.05. The van der Waals surface area contributed by atoms with E-state index in [-0.39, 0.29) is 0 Å². The third-order valence-corrected chi connectivity index (χ3v) is 2.70. The maximum Gasteiger partial charge on any atom is 0.137 e. The zero-order chi connectivity index (χ0) is 5.07. The summed E-state index contributed by atoms with van der Waals surface area (Å²) >= 11 is 0. The van der Waals surface area contributed by atoms with Crippen molar-refractivity contribution in [1.82, 2.24) is 0 Å². The van der Waals surface area contributed by atoms with E-state index in [9.17, 15) is 0 Å². The van der Waals surface area contributed by atoms with E-state index in [0.29, 0.717) is 0 Å². The molecule has 2 atom stereocenters. The molecule has 0 aromatic carbocycles. The van der Waals surface area contributed by atoms with E-state index in [1.807, 2.05) is 0 Å². The van der Waals surface area contributed by atoms with Crippen LogP contribution in [0.3, 0.4) is 0 Å². The van der Waals surface area contributed by atoms with Crippen LogP contribution in [0.15, 0.2) is 0 Å². The Labute approximate surface area is 44.5 Å². The first-order chi connectivity index (χ1) is 3.26. The number of quaternary nitrogens is 1. The van der Waals surface area contributed by atoms with E-state index < -0.39 is 0 Å². The molecular formula is C6H12N+. The Morgan fingerprint density at radius 1 is 1.14 bits per heavy atom. The number of hydrogen-bond donors (Lipinski definition) is 0. The summed E-state index contributed by atoms with van der Waals surface area (Å²) in [4.78, 5) is 0. The van der Waals surface area contributed by atoms with Crippen LogP contribution >= 0.6 is 0 Å². The molecule has 2 unspecified atom stereocenters. The van der Waals surface area contributed by atoms with Gasteiger partial charge in [-0.25, -0.2) is 0 Å². The van der Waals surface area contributed by atoms with Crippen molar-refractivity contribution in [1.29, 1.82) is 0 Å². The minimum absolute atomic E-state index is 1.02. The summed E-state index contributed by atoms with van der Waals surface area (Å²) in [6.07, 6.45) is 0. The zero-order valence-corrected chi connectivity index (χ0v) is 5.02. The molecule has 40 valence electrons. The van der Waals surface area contributed by atoms with Gasteiger partial charge in [0.2, 0.25) is 0 Å². The molecule has 0 bridgehead atoms. The van der Waals surface area contributed by atoms with Crippen LogP contribution in [0.2, 0.25) is 0 Å². The molecule has 2 saturated heterocycles. The summed E-state index contributed by atoms with van der Waals surface area (Å²) in [7, 11) is 0. The largest absolute Gasteiger partial charge is 0.300 e. The number of hydrogen-bond acceptors (Lipinski definition) is 0. The van der Waals surface area contributed by atoms with Gasteiger partial charge in [0.15, 0.2) is 0 Å². The molecule has 0 aliphatic carbocycles. The highest BCUT2D eigenvalue weighted by Gasteiger charge is 2.68. The minimum atomic E-state index is 1.02. The molecule has 2 fully saturated rings. The van der Waals surface area contributed by atoms with Gasteiger partial charge < -0.3 is 4.48 Å². The summed E-state index contributed by atoms with van der Waals surface area (Å²) in [5, 5.41) is 0. The predicted octanol–water partition coefficient (Wildman–Crippen LogP) is 0.607. The zero-order valence-electron chi connectivity index (χ0n) is 5.02. The average Bonchev–Trinajstić information content (AvgIpc) is 2.28. The lowest BCUT2D eigenvalue weighted by Gasteiger charge is -1.84. The summed E-state index contributed by atoms with van der Waals surface area (Å²) in [5.74, 6) is 0. The van der Waals surface area contributed by atoms with E-state index >= 15 is 0 Å². The fraction of sp³-hybridized carbons (Fsp3) is 1.00. The first-order valence-electron chi connectivity index (χ1n) is 3.12. The van der Waals surface area contributed by atoms with Crippen molar-refractivity contribution >= 4 is 0 Å². The number of nitrogens with zero attached hydrogens (tertiary/aromatic N) is 1. The lowest BCUT2D eigenvalue weighted by Crippen LogP contribution is -1.98. The van der Waals surface area contributed by atoms with Crippen LogP contribution in [0.4, 0.5) is 0 Å². The topological polar surface area (TPSA) is 0 Å². The van der Waals surface area contributed by atoms with Crippen LogP contribution in [-0.2, 0) is 0 Å². The molecular weight excluding hydrogens is 86.1 g/mol. The molecule has 0 N–H and O–H groups in total. The van der Waals surface area contributed by atoms with Crippen LogP contribution in [-0.4, -0.2) is 29.7 Å². The standard InChI is InChI=1S/C6H12N/c1-5-3-7(5)4-6(7)2/h5-6H,3-4H2,1-2H3/q+1. The molecule has 2 rings (SSSR count). The maximum atomic E-state index is 2.35. The van der Waals surface area contributed by atoms with E-state index in [1.165, 1.54) is 17.6 Å². The summed E-state index contributed by atoms with van der Waals surface area (Å²) in [5.41, 5.74) is 0. The second-order valence-corrected chi connectivity index (χ2v) is 3.17. The molecule has 2 aliphatic heterocycles. The SMILES string of the molecule is CC1C[N+]12CC2C. The molecule has 0 aromatic rings. The minimum Gasteiger partial charge on any atom is -0.300 e. The van der Waals surface area contributed by atoms with Gasteiger partial charge in [0.1, 0.15) is 25.2 Å². The Hall–Kier alpha value is -0.0400. The Balaban J connectivity index is 2.11. The van der Waals surface area contributed by atoms with Crippen molar-refractivity contribution in [2.75, 3.05) is 13.1 Å². The lowest BCUT2D eigenvalue weighted by molar-refractivity contribution is -0.680. The Morgan fingerprint density at radius 3 is 1.43 bits per heavy atom.